The van der Waals surface area contributed by atoms with Gasteiger partial charge in [-0.25, -0.2) is 0 Å². The first-order valence-electron chi connectivity index (χ1n) is 7.95. The number of aliphatic hydroxyl groups excluding tert-OH is 1. The molecular weight excluding hydrogens is 264 g/mol. The zero-order valence-electron chi connectivity index (χ0n) is 12.9. The maximum absolute atomic E-state index is 10.0. The first-order valence-corrected chi connectivity index (χ1v) is 7.95. The fourth-order valence-electron chi connectivity index (χ4n) is 4.26. The first-order chi connectivity index (χ1) is 10.1. The molecule has 21 heavy (non-hydrogen) atoms. The lowest BCUT2D eigenvalue weighted by atomic mass is 9.91. The Hall–Kier alpha value is -1.10. The highest BCUT2D eigenvalue weighted by Crippen LogP contribution is 2.44. The average molecular weight is 290 g/mol. The fourth-order valence-corrected chi connectivity index (χ4v) is 4.26. The maximum Gasteiger partial charge on any atom is 0.123 e. The van der Waals surface area contributed by atoms with Crippen molar-refractivity contribution in [3.63, 3.8) is 0 Å². The zero-order chi connectivity index (χ0) is 15.0. The molecule has 0 aliphatic carbocycles. The van der Waals surface area contributed by atoms with Crippen LogP contribution >= 0.6 is 0 Å². The standard InChI is InChI=1S/C17H26N2O2/c1-11(18)17(15-5-3-4-6-16(15)21-2)19-12-7-8-13(19)10-14(20)9-12/h3-6,11-14,17,20H,7-10,18H2,1-2H3. The molecule has 3 rings (SSSR count). The van der Waals surface area contributed by atoms with Gasteiger partial charge in [0.1, 0.15) is 5.75 Å². The van der Waals surface area contributed by atoms with Gasteiger partial charge in [-0.05, 0) is 38.7 Å². The van der Waals surface area contributed by atoms with Gasteiger partial charge in [-0.2, -0.15) is 0 Å². The van der Waals surface area contributed by atoms with Gasteiger partial charge in [0.15, 0.2) is 0 Å². The van der Waals surface area contributed by atoms with Crippen LogP contribution < -0.4 is 10.5 Å². The number of nitrogens with zero attached hydrogens (tertiary/aromatic N) is 1. The molecule has 1 aromatic rings. The molecule has 0 saturated carbocycles. The van der Waals surface area contributed by atoms with Gasteiger partial charge >= 0.3 is 0 Å². The Balaban J connectivity index is 1.96. The summed E-state index contributed by atoms with van der Waals surface area (Å²) in [5.41, 5.74) is 7.52. The van der Waals surface area contributed by atoms with Crippen LogP contribution in [0.5, 0.6) is 5.75 Å². The van der Waals surface area contributed by atoms with E-state index >= 15 is 0 Å². The Morgan fingerprint density at radius 1 is 1.24 bits per heavy atom. The molecule has 0 aromatic heterocycles. The van der Waals surface area contributed by atoms with Gasteiger partial charge in [0, 0.05) is 23.7 Å². The molecule has 2 aliphatic rings. The van der Waals surface area contributed by atoms with Crippen molar-refractivity contribution in [1.82, 2.24) is 4.90 Å². The number of ether oxygens (including phenoxy) is 1. The molecule has 0 spiro atoms. The minimum atomic E-state index is -0.148. The number of hydrogen-bond donors (Lipinski definition) is 2. The Morgan fingerprint density at radius 2 is 1.86 bits per heavy atom. The monoisotopic (exact) mass is 290 g/mol. The van der Waals surface area contributed by atoms with Crippen LogP contribution in [-0.2, 0) is 0 Å². The van der Waals surface area contributed by atoms with E-state index in [2.05, 4.69) is 17.9 Å². The van der Waals surface area contributed by atoms with Gasteiger partial charge < -0.3 is 15.6 Å². The molecule has 2 heterocycles. The van der Waals surface area contributed by atoms with E-state index in [-0.39, 0.29) is 18.2 Å². The predicted molar refractivity (Wildman–Crippen MR) is 83.3 cm³/mol. The van der Waals surface area contributed by atoms with Crippen LogP contribution in [0, 0.1) is 0 Å². The number of rotatable bonds is 4. The fraction of sp³-hybridized carbons (Fsp3) is 0.647. The Bertz CT molecular complexity index is 477. The number of fused-ring (bicyclic) bond motifs is 2. The van der Waals surface area contributed by atoms with Crippen molar-refractivity contribution < 1.29 is 9.84 Å². The molecule has 4 heteroatoms. The minimum absolute atomic E-state index is 0.0274. The highest BCUT2D eigenvalue weighted by molar-refractivity contribution is 5.37. The summed E-state index contributed by atoms with van der Waals surface area (Å²) in [5.74, 6) is 0.908. The van der Waals surface area contributed by atoms with Crippen molar-refractivity contribution in [2.45, 2.75) is 62.9 Å². The largest absolute Gasteiger partial charge is 0.496 e. The summed E-state index contributed by atoms with van der Waals surface area (Å²) in [7, 11) is 1.71. The van der Waals surface area contributed by atoms with E-state index in [0.29, 0.717) is 12.1 Å². The quantitative estimate of drug-likeness (QED) is 0.891. The lowest BCUT2D eigenvalue weighted by Crippen LogP contribution is -2.50. The molecule has 3 N–H and O–H groups in total. The molecule has 1 aromatic carbocycles. The van der Waals surface area contributed by atoms with Crippen LogP contribution in [0.15, 0.2) is 24.3 Å². The van der Waals surface area contributed by atoms with E-state index in [1.807, 2.05) is 18.2 Å². The summed E-state index contributed by atoms with van der Waals surface area (Å²) in [4.78, 5) is 2.55. The lowest BCUT2D eigenvalue weighted by Gasteiger charge is -2.44. The molecule has 4 atom stereocenters. The first kappa shape index (κ1) is 14.8. The number of para-hydroxylation sites is 1. The van der Waals surface area contributed by atoms with E-state index in [1.165, 1.54) is 18.4 Å². The summed E-state index contributed by atoms with van der Waals surface area (Å²) in [6, 6.07) is 9.25. The topological polar surface area (TPSA) is 58.7 Å². The Kier molecular flexibility index (Phi) is 4.20. The van der Waals surface area contributed by atoms with Crippen molar-refractivity contribution >= 4 is 0 Å². The molecule has 116 valence electrons. The molecule has 2 saturated heterocycles. The van der Waals surface area contributed by atoms with Crippen LogP contribution in [-0.4, -0.2) is 41.3 Å². The normalized spacial score (nSPS) is 31.9. The Morgan fingerprint density at radius 3 is 2.43 bits per heavy atom. The maximum atomic E-state index is 10.0. The van der Waals surface area contributed by atoms with Crippen LogP contribution in [0.3, 0.4) is 0 Å². The molecule has 0 radical (unpaired) electrons. The van der Waals surface area contributed by atoms with Gasteiger partial charge in [0.25, 0.3) is 0 Å². The second kappa shape index (κ2) is 5.95. The molecular formula is C17H26N2O2. The summed E-state index contributed by atoms with van der Waals surface area (Å²) in [6.07, 6.45) is 3.93. The Labute approximate surface area is 126 Å². The number of hydrogen-bond acceptors (Lipinski definition) is 4. The van der Waals surface area contributed by atoms with Gasteiger partial charge in [0.05, 0.1) is 19.3 Å². The number of benzene rings is 1. The zero-order valence-corrected chi connectivity index (χ0v) is 12.9. The summed E-state index contributed by atoms with van der Waals surface area (Å²) < 4.78 is 5.55. The SMILES string of the molecule is COc1ccccc1C(C(C)N)N1C2CCC1CC(O)C2. The highest BCUT2D eigenvalue weighted by Gasteiger charge is 2.45. The summed E-state index contributed by atoms with van der Waals surface area (Å²) in [5, 5.41) is 10.0. The number of methoxy groups -OCH3 is 1. The highest BCUT2D eigenvalue weighted by atomic mass is 16.5. The van der Waals surface area contributed by atoms with Crippen LogP contribution in [0.25, 0.3) is 0 Å². The van der Waals surface area contributed by atoms with E-state index in [4.69, 9.17) is 10.5 Å². The molecule has 2 fully saturated rings. The van der Waals surface area contributed by atoms with Crippen molar-refractivity contribution in [1.29, 1.82) is 0 Å². The third-order valence-corrected chi connectivity index (χ3v) is 5.04. The smallest absolute Gasteiger partial charge is 0.123 e. The second-order valence-corrected chi connectivity index (χ2v) is 6.50. The second-order valence-electron chi connectivity index (χ2n) is 6.50. The molecule has 2 aliphatic heterocycles. The third kappa shape index (κ3) is 2.68. The van der Waals surface area contributed by atoms with E-state index in [1.54, 1.807) is 7.11 Å². The van der Waals surface area contributed by atoms with Crippen LogP contribution in [0.4, 0.5) is 0 Å². The van der Waals surface area contributed by atoms with Crippen LogP contribution in [0.2, 0.25) is 0 Å². The van der Waals surface area contributed by atoms with Crippen molar-refractivity contribution in [3.8, 4) is 5.75 Å². The summed E-state index contributed by atoms with van der Waals surface area (Å²) in [6.45, 7) is 2.07. The molecule has 0 amide bonds. The number of aliphatic hydroxyl groups is 1. The van der Waals surface area contributed by atoms with Crippen molar-refractivity contribution in [2.24, 2.45) is 5.73 Å². The number of nitrogens with two attached hydrogens (primary N) is 1. The predicted octanol–water partition coefficient (Wildman–Crippen LogP) is 2.07. The van der Waals surface area contributed by atoms with Gasteiger partial charge in [-0.3, -0.25) is 4.90 Å². The lowest BCUT2D eigenvalue weighted by molar-refractivity contribution is 0.00357. The summed E-state index contributed by atoms with van der Waals surface area (Å²) >= 11 is 0. The van der Waals surface area contributed by atoms with E-state index in [0.717, 1.165) is 18.6 Å². The van der Waals surface area contributed by atoms with Gasteiger partial charge in [-0.15, -0.1) is 0 Å². The minimum Gasteiger partial charge on any atom is -0.496 e. The van der Waals surface area contributed by atoms with Crippen LogP contribution in [0.1, 0.15) is 44.2 Å². The van der Waals surface area contributed by atoms with Gasteiger partial charge in [-0.1, -0.05) is 18.2 Å². The molecule has 2 bridgehead atoms. The van der Waals surface area contributed by atoms with Crippen molar-refractivity contribution in [3.05, 3.63) is 29.8 Å². The van der Waals surface area contributed by atoms with Gasteiger partial charge in [0.2, 0.25) is 0 Å². The average Bonchev–Trinajstić information content (AvgIpc) is 2.71. The van der Waals surface area contributed by atoms with E-state index in [9.17, 15) is 5.11 Å². The van der Waals surface area contributed by atoms with E-state index < -0.39 is 0 Å². The third-order valence-electron chi connectivity index (χ3n) is 5.04. The number of piperidine rings is 1. The van der Waals surface area contributed by atoms with Crippen molar-refractivity contribution in [2.75, 3.05) is 7.11 Å². The molecule has 4 unspecified atom stereocenters. The molecule has 4 nitrogen and oxygen atoms in total.